The molecule has 0 bridgehead atoms. The van der Waals surface area contributed by atoms with E-state index in [0.717, 1.165) is 5.33 Å². The SMILES string of the molecule is [CH3][Sn]([CH3])([CH3])[c]1ccc(CCCCCCBr)s1. The van der Waals surface area contributed by atoms with Crippen molar-refractivity contribution in [3.63, 3.8) is 0 Å². The van der Waals surface area contributed by atoms with Gasteiger partial charge in [-0.2, -0.15) is 0 Å². The number of thiophene rings is 1. The van der Waals surface area contributed by atoms with Crippen molar-refractivity contribution in [2.75, 3.05) is 5.33 Å². The third-order valence-corrected chi connectivity index (χ3v) is 13.9. The molecule has 1 aromatic rings. The van der Waals surface area contributed by atoms with Crippen LogP contribution in [0.25, 0.3) is 0 Å². The molecular formula is C13H23BrSSn. The van der Waals surface area contributed by atoms with Crippen LogP contribution in [-0.2, 0) is 6.42 Å². The van der Waals surface area contributed by atoms with Gasteiger partial charge in [-0.15, -0.1) is 0 Å². The second-order valence-electron chi connectivity index (χ2n) is 5.37. The maximum absolute atomic E-state index is 3.48. The van der Waals surface area contributed by atoms with E-state index in [2.05, 4.69) is 54.2 Å². The van der Waals surface area contributed by atoms with E-state index >= 15 is 0 Å². The molecule has 16 heavy (non-hydrogen) atoms. The Morgan fingerprint density at radius 2 is 1.75 bits per heavy atom. The number of hydrogen-bond donors (Lipinski definition) is 0. The fourth-order valence-electron chi connectivity index (χ4n) is 1.66. The average Bonchev–Trinajstić information content (AvgIpc) is 2.65. The van der Waals surface area contributed by atoms with Crippen LogP contribution in [-0.4, -0.2) is 23.7 Å². The molecule has 92 valence electrons. The van der Waals surface area contributed by atoms with Crippen LogP contribution in [0.4, 0.5) is 0 Å². The summed E-state index contributed by atoms with van der Waals surface area (Å²) in [5.74, 6) is 0. The number of unbranched alkanes of at least 4 members (excludes halogenated alkanes) is 3. The summed E-state index contributed by atoms with van der Waals surface area (Å²) >= 11 is 3.80. The third kappa shape index (κ3) is 5.54. The molecule has 0 aliphatic rings. The summed E-state index contributed by atoms with van der Waals surface area (Å²) in [6.07, 6.45) is 6.76. The van der Waals surface area contributed by atoms with E-state index in [1.54, 1.807) is 7.77 Å². The molecule has 0 atom stereocenters. The molecule has 1 heterocycles. The molecule has 0 spiro atoms. The fourth-order valence-corrected chi connectivity index (χ4v) is 8.58. The zero-order chi connectivity index (χ0) is 12.0. The van der Waals surface area contributed by atoms with Crippen LogP contribution in [0, 0.1) is 0 Å². The molecule has 1 rings (SSSR count). The van der Waals surface area contributed by atoms with Crippen molar-refractivity contribution in [3.8, 4) is 0 Å². The van der Waals surface area contributed by atoms with Crippen molar-refractivity contribution < 1.29 is 0 Å². The van der Waals surface area contributed by atoms with Crippen molar-refractivity contribution in [2.45, 2.75) is 46.9 Å². The van der Waals surface area contributed by atoms with Crippen LogP contribution in [0.3, 0.4) is 0 Å². The quantitative estimate of drug-likeness (QED) is 0.345. The van der Waals surface area contributed by atoms with Gasteiger partial charge >= 0.3 is 118 Å². The van der Waals surface area contributed by atoms with E-state index in [4.69, 9.17) is 0 Å². The van der Waals surface area contributed by atoms with Gasteiger partial charge in [0, 0.05) is 0 Å². The van der Waals surface area contributed by atoms with E-state index in [1.807, 2.05) is 0 Å². The molecule has 1 aromatic heterocycles. The van der Waals surface area contributed by atoms with E-state index in [1.165, 1.54) is 32.1 Å². The van der Waals surface area contributed by atoms with E-state index < -0.39 is 18.4 Å². The molecule has 0 aromatic carbocycles. The van der Waals surface area contributed by atoms with Gasteiger partial charge in [-0.1, -0.05) is 0 Å². The molecule has 0 aliphatic heterocycles. The molecule has 0 fully saturated rings. The first-order valence-electron chi connectivity index (χ1n) is 6.19. The average molecular weight is 410 g/mol. The molecule has 0 radical (unpaired) electrons. The fraction of sp³-hybridized carbons (Fsp3) is 0.692. The summed E-state index contributed by atoms with van der Waals surface area (Å²) in [6.45, 7) is 0. The maximum atomic E-state index is 3.48. The van der Waals surface area contributed by atoms with Crippen LogP contribution in [0.5, 0.6) is 0 Å². The summed E-state index contributed by atoms with van der Waals surface area (Å²) in [7, 11) is 0. The van der Waals surface area contributed by atoms with Crippen molar-refractivity contribution in [1.29, 1.82) is 0 Å². The molecule has 0 aliphatic carbocycles. The van der Waals surface area contributed by atoms with Crippen LogP contribution in [0.2, 0.25) is 14.8 Å². The predicted octanol–water partition coefficient (Wildman–Crippen LogP) is 4.79. The number of aryl methyl sites for hydroxylation is 1. The van der Waals surface area contributed by atoms with Gasteiger partial charge in [-0.05, 0) is 0 Å². The van der Waals surface area contributed by atoms with Gasteiger partial charge in [0.2, 0.25) is 0 Å². The monoisotopic (exact) mass is 410 g/mol. The van der Waals surface area contributed by atoms with Crippen LogP contribution in [0.1, 0.15) is 30.6 Å². The Labute approximate surface area is 117 Å². The van der Waals surface area contributed by atoms with Crippen LogP contribution >= 0.6 is 27.3 Å². The Balaban J connectivity index is 2.30. The van der Waals surface area contributed by atoms with Crippen LogP contribution in [0.15, 0.2) is 12.1 Å². The Kier molecular flexibility index (Phi) is 6.98. The van der Waals surface area contributed by atoms with E-state index in [0.29, 0.717) is 0 Å². The molecule has 0 amide bonds. The first-order valence-corrected chi connectivity index (χ1v) is 18.1. The van der Waals surface area contributed by atoms with Crippen molar-refractivity contribution in [3.05, 3.63) is 17.0 Å². The molecule has 0 unspecified atom stereocenters. The Bertz CT molecular complexity index is 301. The van der Waals surface area contributed by atoms with E-state index in [9.17, 15) is 0 Å². The molecular weight excluding hydrogens is 387 g/mol. The third-order valence-electron chi connectivity index (χ3n) is 2.71. The number of rotatable bonds is 7. The Hall–Kier alpha value is 0.979. The van der Waals surface area contributed by atoms with Gasteiger partial charge in [0.25, 0.3) is 0 Å². The second kappa shape index (κ2) is 7.42. The predicted molar refractivity (Wildman–Crippen MR) is 83.3 cm³/mol. The Morgan fingerprint density at radius 1 is 1.06 bits per heavy atom. The molecule has 0 N–H and O–H groups in total. The Morgan fingerprint density at radius 3 is 2.31 bits per heavy atom. The summed E-state index contributed by atoms with van der Waals surface area (Å²) in [5, 5.41) is 1.16. The molecule has 0 saturated heterocycles. The summed E-state index contributed by atoms with van der Waals surface area (Å²) in [5.41, 5.74) is 0. The minimum atomic E-state index is -1.77. The number of hydrogen-bond acceptors (Lipinski definition) is 1. The van der Waals surface area contributed by atoms with Crippen molar-refractivity contribution in [2.24, 2.45) is 0 Å². The minimum absolute atomic E-state index is 1.16. The molecule has 3 heteroatoms. The van der Waals surface area contributed by atoms with Crippen molar-refractivity contribution >= 4 is 48.5 Å². The van der Waals surface area contributed by atoms with Gasteiger partial charge < -0.3 is 0 Å². The van der Waals surface area contributed by atoms with Gasteiger partial charge in [0.1, 0.15) is 0 Å². The first kappa shape index (κ1) is 15.0. The zero-order valence-corrected chi connectivity index (χ0v) is 15.9. The van der Waals surface area contributed by atoms with Gasteiger partial charge in [0.05, 0.1) is 0 Å². The first-order chi connectivity index (χ1) is 7.54. The zero-order valence-electron chi connectivity index (χ0n) is 10.7. The molecule has 0 nitrogen and oxygen atoms in total. The van der Waals surface area contributed by atoms with Gasteiger partial charge in [-0.25, -0.2) is 0 Å². The van der Waals surface area contributed by atoms with E-state index in [-0.39, 0.29) is 0 Å². The van der Waals surface area contributed by atoms with Gasteiger partial charge in [-0.3, -0.25) is 0 Å². The normalized spacial score (nSPS) is 12.0. The number of alkyl halides is 1. The topological polar surface area (TPSA) is 0 Å². The standard InChI is InChI=1S/C10H14BrS.3CH3.Sn/c11-8-4-2-1-3-6-10-7-5-9-12-10;;;;/h5,7H,1-4,6,8H2;3*1H3;. The van der Waals surface area contributed by atoms with Crippen LogP contribution < -0.4 is 2.89 Å². The van der Waals surface area contributed by atoms with Gasteiger partial charge in [0.15, 0.2) is 0 Å². The summed E-state index contributed by atoms with van der Waals surface area (Å²) < 4.78 is 1.73. The summed E-state index contributed by atoms with van der Waals surface area (Å²) in [6, 6.07) is 4.77. The van der Waals surface area contributed by atoms with Crippen molar-refractivity contribution in [1.82, 2.24) is 0 Å². The molecule has 0 saturated carbocycles. The second-order valence-corrected chi connectivity index (χ2v) is 22.7. The number of halogens is 1. The summed E-state index contributed by atoms with van der Waals surface area (Å²) in [4.78, 5) is 9.11.